The molecule has 53 heavy (non-hydrogen) atoms. The number of fused-ring (bicyclic) bond motifs is 4. The molecule has 0 aromatic carbocycles. The van der Waals surface area contributed by atoms with E-state index in [1.54, 1.807) is 0 Å². The monoisotopic (exact) mass is 741 g/mol. The Hall–Kier alpha value is -1.22. The molecule has 0 radical (unpaired) electrons. The van der Waals surface area contributed by atoms with Gasteiger partial charge >= 0.3 is 0 Å². The SMILES string of the molecule is CC(C)CC(=O)N1CCOC(OC2CCC3CC34CCC3(C)C5C(C)CC([C@H](CC(=O)N6CCC6)C(C)C)OC5[C@H](O)[C@@]3(C)C4CCC(C)C2(C)C)C1. The summed E-state index contributed by atoms with van der Waals surface area (Å²) in [7, 11) is 0. The second-order valence-corrected chi connectivity index (χ2v) is 21.3. The van der Waals surface area contributed by atoms with E-state index in [0.29, 0.717) is 74.0 Å². The van der Waals surface area contributed by atoms with Crippen LogP contribution >= 0.6 is 0 Å². The first kappa shape index (κ1) is 40.0. The zero-order valence-corrected chi connectivity index (χ0v) is 35.2. The van der Waals surface area contributed by atoms with Crippen LogP contribution in [0.25, 0.3) is 0 Å². The fraction of sp³-hybridized carbons (Fsp3) is 0.956. The quantitative estimate of drug-likeness (QED) is 0.272. The first-order valence-corrected chi connectivity index (χ1v) is 22.1. The van der Waals surface area contributed by atoms with Crippen molar-refractivity contribution in [3.05, 3.63) is 0 Å². The minimum Gasteiger partial charge on any atom is -0.390 e. The molecule has 4 saturated carbocycles. The second-order valence-electron chi connectivity index (χ2n) is 21.3. The molecule has 7 fully saturated rings. The number of amides is 2. The van der Waals surface area contributed by atoms with Crippen molar-refractivity contribution in [1.82, 2.24) is 9.80 Å². The summed E-state index contributed by atoms with van der Waals surface area (Å²) in [6.07, 6.45) is 10.3. The maximum atomic E-state index is 13.2. The summed E-state index contributed by atoms with van der Waals surface area (Å²) in [5.74, 6) is 3.67. The first-order chi connectivity index (χ1) is 24.9. The third kappa shape index (κ3) is 6.75. The lowest BCUT2D eigenvalue weighted by molar-refractivity contribution is -0.228. The van der Waals surface area contributed by atoms with Gasteiger partial charge in [-0.05, 0) is 121 Å². The van der Waals surface area contributed by atoms with Crippen LogP contribution < -0.4 is 0 Å². The minimum absolute atomic E-state index is 0.0106. The summed E-state index contributed by atoms with van der Waals surface area (Å²) < 4.78 is 20.3. The number of aliphatic hydroxyl groups is 1. The summed E-state index contributed by atoms with van der Waals surface area (Å²) in [6, 6.07) is 0. The van der Waals surface area contributed by atoms with Gasteiger partial charge in [0.1, 0.15) is 0 Å². The fourth-order valence-corrected chi connectivity index (χ4v) is 13.5. The Labute approximate surface area is 322 Å². The molecule has 302 valence electrons. The van der Waals surface area contributed by atoms with Gasteiger partial charge in [0, 0.05) is 37.9 Å². The Kier molecular flexibility index (Phi) is 11.0. The van der Waals surface area contributed by atoms with Gasteiger partial charge in [0.15, 0.2) is 6.29 Å². The molecule has 1 N–H and O–H groups in total. The average Bonchev–Trinajstić information content (AvgIpc) is 3.73. The van der Waals surface area contributed by atoms with E-state index < -0.39 is 6.10 Å². The maximum Gasteiger partial charge on any atom is 0.223 e. The topological polar surface area (TPSA) is 88.5 Å². The van der Waals surface area contributed by atoms with Crippen LogP contribution in [0, 0.1) is 69.0 Å². The van der Waals surface area contributed by atoms with Crippen LogP contribution in [0.2, 0.25) is 0 Å². The van der Waals surface area contributed by atoms with Gasteiger partial charge in [-0.3, -0.25) is 9.59 Å². The molecule has 3 heterocycles. The third-order valence-electron chi connectivity index (χ3n) is 17.6. The molecule has 7 rings (SSSR count). The molecular weight excluding hydrogens is 665 g/mol. The molecule has 0 aromatic rings. The Morgan fingerprint density at radius 1 is 0.906 bits per heavy atom. The molecule has 3 aliphatic heterocycles. The smallest absolute Gasteiger partial charge is 0.223 e. The van der Waals surface area contributed by atoms with Crippen molar-refractivity contribution in [2.75, 3.05) is 32.8 Å². The number of aliphatic hydroxyl groups excluding tert-OH is 1. The van der Waals surface area contributed by atoms with Gasteiger partial charge in [0.2, 0.25) is 11.8 Å². The normalized spacial score (nSPS) is 45.8. The maximum absolute atomic E-state index is 13.2. The molecule has 8 heteroatoms. The van der Waals surface area contributed by atoms with Crippen LogP contribution in [0.15, 0.2) is 0 Å². The Morgan fingerprint density at radius 3 is 2.28 bits per heavy atom. The number of carbonyl (C=O) groups excluding carboxylic acids is 2. The van der Waals surface area contributed by atoms with Crippen molar-refractivity contribution < 1.29 is 28.9 Å². The number of morpholine rings is 1. The van der Waals surface area contributed by atoms with Gasteiger partial charge < -0.3 is 29.1 Å². The van der Waals surface area contributed by atoms with Gasteiger partial charge in [-0.15, -0.1) is 0 Å². The lowest BCUT2D eigenvalue weighted by atomic mass is 9.45. The predicted octanol–water partition coefficient (Wildman–Crippen LogP) is 7.95. The molecule has 3 saturated heterocycles. The predicted molar refractivity (Wildman–Crippen MR) is 208 cm³/mol. The van der Waals surface area contributed by atoms with Crippen molar-refractivity contribution in [1.29, 1.82) is 0 Å². The summed E-state index contributed by atoms with van der Waals surface area (Å²) in [6.45, 7) is 26.9. The highest BCUT2D eigenvalue weighted by molar-refractivity contribution is 5.77. The van der Waals surface area contributed by atoms with Gasteiger partial charge in [-0.25, -0.2) is 0 Å². The zero-order valence-electron chi connectivity index (χ0n) is 35.2. The summed E-state index contributed by atoms with van der Waals surface area (Å²) in [4.78, 5) is 30.2. The molecular formula is C45H76N2O6. The molecule has 7 aliphatic rings. The third-order valence-corrected chi connectivity index (χ3v) is 17.6. The highest BCUT2D eigenvalue weighted by atomic mass is 16.7. The largest absolute Gasteiger partial charge is 0.390 e. The molecule has 0 aromatic heterocycles. The number of ether oxygens (including phenoxy) is 3. The number of hydrogen-bond acceptors (Lipinski definition) is 6. The molecule has 1 spiro atoms. The van der Waals surface area contributed by atoms with E-state index >= 15 is 0 Å². The minimum atomic E-state index is -0.503. The molecule has 11 unspecified atom stereocenters. The van der Waals surface area contributed by atoms with Crippen molar-refractivity contribution in [3.63, 3.8) is 0 Å². The van der Waals surface area contributed by atoms with Crippen LogP contribution in [0.4, 0.5) is 0 Å². The van der Waals surface area contributed by atoms with Gasteiger partial charge in [0.05, 0.1) is 37.6 Å². The van der Waals surface area contributed by atoms with Crippen LogP contribution in [-0.2, 0) is 23.8 Å². The Morgan fingerprint density at radius 2 is 1.62 bits per heavy atom. The van der Waals surface area contributed by atoms with E-state index in [0.717, 1.165) is 58.0 Å². The fourth-order valence-electron chi connectivity index (χ4n) is 13.5. The van der Waals surface area contributed by atoms with Crippen LogP contribution in [0.3, 0.4) is 0 Å². The highest BCUT2D eigenvalue weighted by Crippen LogP contribution is 2.79. The molecule has 2 amide bonds. The number of carbonyl (C=O) groups is 2. The molecule has 4 aliphatic carbocycles. The van der Waals surface area contributed by atoms with Gasteiger partial charge in [0.25, 0.3) is 0 Å². The lowest BCUT2D eigenvalue weighted by Crippen LogP contribution is -2.55. The van der Waals surface area contributed by atoms with Crippen LogP contribution in [0.1, 0.15) is 140 Å². The van der Waals surface area contributed by atoms with Crippen molar-refractivity contribution in [2.24, 2.45) is 69.0 Å². The second kappa shape index (κ2) is 14.6. The lowest BCUT2D eigenvalue weighted by Gasteiger charge is -2.59. The van der Waals surface area contributed by atoms with E-state index in [2.05, 4.69) is 69.2 Å². The Balaban J connectivity index is 1.09. The zero-order chi connectivity index (χ0) is 38.2. The van der Waals surface area contributed by atoms with E-state index in [9.17, 15) is 14.7 Å². The summed E-state index contributed by atoms with van der Waals surface area (Å²) in [5, 5.41) is 12.8. The molecule has 14 atom stereocenters. The van der Waals surface area contributed by atoms with E-state index in [1.807, 2.05) is 9.80 Å². The summed E-state index contributed by atoms with van der Waals surface area (Å²) >= 11 is 0. The van der Waals surface area contributed by atoms with Gasteiger partial charge in [-0.2, -0.15) is 0 Å². The van der Waals surface area contributed by atoms with Crippen LogP contribution in [0.5, 0.6) is 0 Å². The van der Waals surface area contributed by atoms with E-state index in [-0.39, 0.29) is 64.0 Å². The average molecular weight is 741 g/mol. The standard InChI is InChI=1S/C45H76N2O6/c1-27(2)22-36(48)47-20-21-51-38(26-47)53-35-15-13-31-25-45(31)17-16-43(9)39-29(5)23-33(32(28(3)4)24-37(49)46-18-11-19-46)52-40(39)41(50)44(43,10)34(45)14-12-30(6)42(35,7)8/h27-35,38-41,50H,11-26H2,1-10H3/t29?,30?,31?,32-,33?,34?,35?,38?,39?,40?,41+,43?,44-,45?/m1/s1. The number of rotatable bonds is 8. The highest BCUT2D eigenvalue weighted by Gasteiger charge is 2.77. The van der Waals surface area contributed by atoms with Crippen molar-refractivity contribution in [2.45, 2.75) is 171 Å². The number of hydrogen-bond donors (Lipinski definition) is 1. The van der Waals surface area contributed by atoms with Crippen LogP contribution in [-0.4, -0.2) is 90.2 Å². The number of nitrogens with zero attached hydrogens (tertiary/aromatic N) is 2. The number of likely N-dealkylation sites (tertiary alicyclic amines) is 1. The van der Waals surface area contributed by atoms with Crippen molar-refractivity contribution in [3.8, 4) is 0 Å². The Bertz CT molecular complexity index is 1350. The van der Waals surface area contributed by atoms with E-state index in [1.165, 1.54) is 12.8 Å². The summed E-state index contributed by atoms with van der Waals surface area (Å²) in [5.41, 5.74) is 0.00756. The van der Waals surface area contributed by atoms with E-state index in [4.69, 9.17) is 14.2 Å². The van der Waals surface area contributed by atoms with Gasteiger partial charge in [-0.1, -0.05) is 69.2 Å². The first-order valence-electron chi connectivity index (χ1n) is 22.1. The molecule has 0 bridgehead atoms. The van der Waals surface area contributed by atoms with Crippen molar-refractivity contribution >= 4 is 11.8 Å². The molecule has 8 nitrogen and oxygen atoms in total.